The molecule has 0 bridgehead atoms. The molecule has 0 radical (unpaired) electrons. The lowest BCUT2D eigenvalue weighted by Crippen LogP contribution is -2.38. The zero-order valence-corrected chi connectivity index (χ0v) is 7.27. The van der Waals surface area contributed by atoms with E-state index in [1.165, 1.54) is 0 Å². The minimum absolute atomic E-state index is 0.0315. The summed E-state index contributed by atoms with van der Waals surface area (Å²) < 4.78 is 5.44. The van der Waals surface area contributed by atoms with Crippen molar-refractivity contribution in [2.24, 2.45) is 10.5 Å². The van der Waals surface area contributed by atoms with Gasteiger partial charge in [-0.05, 0) is 12.0 Å². The normalized spacial score (nSPS) is 29.8. The molecule has 13 heavy (non-hydrogen) atoms. The summed E-state index contributed by atoms with van der Waals surface area (Å²) in [7, 11) is 0. The van der Waals surface area contributed by atoms with Crippen LogP contribution in [0.1, 0.15) is 19.3 Å². The van der Waals surface area contributed by atoms with E-state index < -0.39 is 0 Å². The molecule has 1 heterocycles. The topological polar surface area (TPSA) is 75.1 Å². The van der Waals surface area contributed by atoms with Gasteiger partial charge in [0, 0.05) is 23.2 Å². The van der Waals surface area contributed by atoms with Gasteiger partial charge in [0.2, 0.25) is 0 Å². The third kappa shape index (κ3) is 1.53. The molecular formula is C8H11N3O2. The maximum Gasteiger partial charge on any atom is 0.134 e. The van der Waals surface area contributed by atoms with Gasteiger partial charge in [0.1, 0.15) is 5.78 Å². The van der Waals surface area contributed by atoms with E-state index in [1.54, 1.807) is 0 Å². The number of nitrogens with zero attached hydrogens (tertiary/aromatic N) is 3. The van der Waals surface area contributed by atoms with Crippen molar-refractivity contribution in [3.63, 3.8) is 0 Å². The minimum atomic E-state index is 0.0315. The summed E-state index contributed by atoms with van der Waals surface area (Å²) in [6, 6.07) is 0. The van der Waals surface area contributed by atoms with Gasteiger partial charge in [0.25, 0.3) is 0 Å². The maximum absolute atomic E-state index is 10.8. The van der Waals surface area contributed by atoms with Gasteiger partial charge in [-0.25, -0.2) is 0 Å². The van der Waals surface area contributed by atoms with E-state index in [0.29, 0.717) is 31.8 Å². The van der Waals surface area contributed by atoms with Crippen LogP contribution in [0.3, 0.4) is 0 Å². The molecule has 1 saturated carbocycles. The van der Waals surface area contributed by atoms with E-state index in [-0.39, 0.29) is 11.5 Å². The predicted octanol–water partition coefficient (Wildman–Crippen LogP) is 1.43. The highest BCUT2D eigenvalue weighted by Crippen LogP contribution is 2.47. The molecule has 0 aromatic rings. The van der Waals surface area contributed by atoms with Gasteiger partial charge < -0.3 is 4.74 Å². The van der Waals surface area contributed by atoms with Crippen molar-refractivity contribution < 1.29 is 9.53 Å². The van der Waals surface area contributed by atoms with Crippen LogP contribution in [0.25, 0.3) is 10.4 Å². The zero-order valence-electron chi connectivity index (χ0n) is 7.27. The number of hydrogen-bond acceptors (Lipinski definition) is 3. The summed E-state index contributed by atoms with van der Waals surface area (Å²) in [6.07, 6.45) is 2.21. The molecule has 70 valence electrons. The monoisotopic (exact) mass is 181 g/mol. The van der Waals surface area contributed by atoms with E-state index in [0.717, 1.165) is 6.42 Å². The van der Waals surface area contributed by atoms with Gasteiger partial charge >= 0.3 is 0 Å². The molecule has 1 unspecified atom stereocenters. The molecule has 5 nitrogen and oxygen atoms in total. The summed E-state index contributed by atoms with van der Waals surface area (Å²) in [4.78, 5) is 13.5. The van der Waals surface area contributed by atoms with Crippen LogP contribution in [0.2, 0.25) is 0 Å². The van der Waals surface area contributed by atoms with Crippen LogP contribution in [0, 0.1) is 5.41 Å². The molecule has 2 rings (SSSR count). The van der Waals surface area contributed by atoms with Crippen molar-refractivity contribution >= 4 is 5.78 Å². The number of hydrogen-bond donors (Lipinski definition) is 0. The fourth-order valence-corrected chi connectivity index (χ4v) is 2.17. The summed E-state index contributed by atoms with van der Waals surface area (Å²) in [5.74, 6) is 0.327. The second-order valence-corrected chi connectivity index (χ2v) is 3.94. The Morgan fingerprint density at radius 2 is 2.46 bits per heavy atom. The fraction of sp³-hybridized carbons (Fsp3) is 0.875. The van der Waals surface area contributed by atoms with Crippen LogP contribution in [0.5, 0.6) is 0 Å². The lowest BCUT2D eigenvalue weighted by atomic mass is 9.67. The van der Waals surface area contributed by atoms with Gasteiger partial charge in [0.05, 0.1) is 19.3 Å². The molecule has 0 N–H and O–H groups in total. The first-order valence-corrected chi connectivity index (χ1v) is 4.38. The van der Waals surface area contributed by atoms with Crippen molar-refractivity contribution in [1.29, 1.82) is 0 Å². The Labute approximate surface area is 75.7 Å². The maximum atomic E-state index is 10.8. The number of ether oxygens (including phenoxy) is 1. The van der Waals surface area contributed by atoms with Crippen LogP contribution >= 0.6 is 0 Å². The zero-order chi connectivity index (χ0) is 9.31. The van der Waals surface area contributed by atoms with Crippen molar-refractivity contribution in [2.45, 2.75) is 25.4 Å². The number of carbonyl (C=O) groups is 1. The van der Waals surface area contributed by atoms with Gasteiger partial charge in [-0.3, -0.25) is 4.79 Å². The Balaban J connectivity index is 1.87. The van der Waals surface area contributed by atoms with Gasteiger partial charge in [0.15, 0.2) is 0 Å². The molecule has 0 aromatic heterocycles. The molecule has 5 heteroatoms. The molecule has 2 aliphatic rings. The summed E-state index contributed by atoms with van der Waals surface area (Å²) in [6.45, 7) is 1.05. The Morgan fingerprint density at radius 3 is 3.08 bits per heavy atom. The molecule has 0 amide bonds. The van der Waals surface area contributed by atoms with E-state index in [1.807, 2.05) is 0 Å². The van der Waals surface area contributed by atoms with Crippen LogP contribution in [-0.4, -0.2) is 25.0 Å². The van der Waals surface area contributed by atoms with E-state index in [9.17, 15) is 4.79 Å². The average molecular weight is 181 g/mol. The first-order chi connectivity index (χ1) is 6.24. The highest BCUT2D eigenvalue weighted by molar-refractivity contribution is 5.86. The third-order valence-electron chi connectivity index (χ3n) is 2.78. The number of ketones is 1. The Kier molecular flexibility index (Phi) is 1.98. The molecule has 2 fully saturated rings. The van der Waals surface area contributed by atoms with Crippen LogP contribution in [-0.2, 0) is 9.53 Å². The van der Waals surface area contributed by atoms with Crippen LogP contribution in [0.4, 0.5) is 0 Å². The molecular weight excluding hydrogens is 170 g/mol. The van der Waals surface area contributed by atoms with E-state index >= 15 is 0 Å². The first-order valence-electron chi connectivity index (χ1n) is 4.38. The Bertz CT molecular complexity index is 275. The van der Waals surface area contributed by atoms with Crippen molar-refractivity contribution in [3.8, 4) is 0 Å². The lowest BCUT2D eigenvalue weighted by molar-refractivity contribution is -0.132. The van der Waals surface area contributed by atoms with Gasteiger partial charge in [-0.15, -0.1) is 0 Å². The minimum Gasteiger partial charge on any atom is -0.377 e. The van der Waals surface area contributed by atoms with Crippen LogP contribution in [0.15, 0.2) is 5.11 Å². The third-order valence-corrected chi connectivity index (χ3v) is 2.78. The SMILES string of the molecule is [N-]=[N+]=NCC1CC2(CO1)CC(=O)C2. The molecule has 1 saturated heterocycles. The highest BCUT2D eigenvalue weighted by Gasteiger charge is 2.49. The fourth-order valence-electron chi connectivity index (χ4n) is 2.17. The summed E-state index contributed by atoms with van der Waals surface area (Å²) in [5, 5.41) is 3.47. The number of carbonyl (C=O) groups excluding carboxylic acids is 1. The van der Waals surface area contributed by atoms with Crippen molar-refractivity contribution in [1.82, 2.24) is 0 Å². The number of rotatable bonds is 2. The lowest BCUT2D eigenvalue weighted by Gasteiger charge is -2.34. The first kappa shape index (κ1) is 8.53. The summed E-state index contributed by atoms with van der Waals surface area (Å²) >= 11 is 0. The highest BCUT2D eigenvalue weighted by atomic mass is 16.5. The number of azide groups is 1. The number of Topliss-reactive ketones (excluding diaryl/α,β-unsaturated/α-hetero) is 1. The smallest absolute Gasteiger partial charge is 0.134 e. The van der Waals surface area contributed by atoms with E-state index in [2.05, 4.69) is 10.0 Å². The predicted molar refractivity (Wildman–Crippen MR) is 45.0 cm³/mol. The van der Waals surface area contributed by atoms with Crippen LogP contribution < -0.4 is 0 Å². The molecule has 1 spiro atoms. The van der Waals surface area contributed by atoms with E-state index in [4.69, 9.17) is 10.3 Å². The van der Waals surface area contributed by atoms with Crippen molar-refractivity contribution in [3.05, 3.63) is 10.4 Å². The Hall–Kier alpha value is -1.06. The quantitative estimate of drug-likeness (QED) is 0.367. The van der Waals surface area contributed by atoms with Crippen molar-refractivity contribution in [2.75, 3.05) is 13.2 Å². The molecule has 1 atom stereocenters. The second kappa shape index (κ2) is 3.01. The molecule has 1 aliphatic heterocycles. The Morgan fingerprint density at radius 1 is 1.69 bits per heavy atom. The molecule has 0 aromatic carbocycles. The standard InChI is InChI=1S/C8H11N3O2/c9-11-10-4-7-3-8(5-13-7)1-6(12)2-8/h7H,1-5H2. The summed E-state index contributed by atoms with van der Waals surface area (Å²) in [5.41, 5.74) is 8.22. The average Bonchev–Trinajstić information content (AvgIpc) is 2.45. The largest absolute Gasteiger partial charge is 0.377 e. The van der Waals surface area contributed by atoms with Gasteiger partial charge in [-0.2, -0.15) is 0 Å². The second-order valence-electron chi connectivity index (χ2n) is 3.94. The molecule has 1 aliphatic carbocycles. The van der Waals surface area contributed by atoms with Gasteiger partial charge in [-0.1, -0.05) is 5.11 Å².